The van der Waals surface area contributed by atoms with Gasteiger partial charge in [0.25, 0.3) is 11.6 Å². The molecule has 0 aliphatic rings. The van der Waals surface area contributed by atoms with Gasteiger partial charge in [0.05, 0.1) is 17.1 Å². The number of nitrogens with zero attached hydrogens (tertiary/aromatic N) is 2. The Hall–Kier alpha value is -2.93. The van der Waals surface area contributed by atoms with E-state index in [1.165, 1.54) is 12.1 Å². The number of amides is 1. The summed E-state index contributed by atoms with van der Waals surface area (Å²) < 4.78 is 5.45. The quantitative estimate of drug-likeness (QED) is 0.579. The Bertz CT molecular complexity index is 790. The number of benzene rings is 2. The van der Waals surface area contributed by atoms with Crippen LogP contribution in [-0.4, -0.2) is 31.5 Å². The summed E-state index contributed by atoms with van der Waals surface area (Å²) in [6.45, 7) is 3.33. The normalized spacial score (nSPS) is 10.4. The molecule has 0 heterocycles. The number of rotatable bonds is 8. The van der Waals surface area contributed by atoms with Crippen LogP contribution in [-0.2, 0) is 17.9 Å². The average Bonchev–Trinajstić information content (AvgIpc) is 2.64. The zero-order valence-corrected chi connectivity index (χ0v) is 15.2. The number of carbonyl (C=O) groups excluding carboxylic acids is 1. The minimum Gasteiger partial charge on any atom is -0.377 e. The van der Waals surface area contributed by atoms with Crippen LogP contribution in [0.15, 0.2) is 42.5 Å². The van der Waals surface area contributed by atoms with Crippen molar-refractivity contribution in [2.24, 2.45) is 0 Å². The van der Waals surface area contributed by atoms with Crippen molar-refractivity contribution in [1.82, 2.24) is 5.32 Å². The van der Waals surface area contributed by atoms with Gasteiger partial charge in [0, 0.05) is 45.1 Å². The van der Waals surface area contributed by atoms with Crippen LogP contribution in [0.3, 0.4) is 0 Å². The van der Waals surface area contributed by atoms with E-state index in [1.54, 1.807) is 25.1 Å². The fraction of sp³-hybridized carbons (Fsp3) is 0.316. The topological polar surface area (TPSA) is 84.7 Å². The number of nitro groups is 1. The van der Waals surface area contributed by atoms with Gasteiger partial charge >= 0.3 is 0 Å². The van der Waals surface area contributed by atoms with Gasteiger partial charge in [-0.15, -0.1) is 0 Å². The number of non-ortho nitro benzene ring substituents is 1. The summed E-state index contributed by atoms with van der Waals surface area (Å²) in [5, 5.41) is 13.9. The SMILES string of the molecule is CCOCc1ccccc1CNC(=O)c1cc([N+](=O)[O-])ccc1N(C)C. The molecule has 138 valence electrons. The van der Waals surface area contributed by atoms with E-state index in [0.29, 0.717) is 25.4 Å². The third-order valence-electron chi connectivity index (χ3n) is 3.94. The maximum Gasteiger partial charge on any atom is 0.270 e. The molecule has 1 N–H and O–H groups in total. The molecule has 0 fully saturated rings. The highest BCUT2D eigenvalue weighted by Crippen LogP contribution is 2.24. The molecule has 0 spiro atoms. The van der Waals surface area contributed by atoms with Crippen LogP contribution < -0.4 is 10.2 Å². The number of nitro benzene ring substituents is 1. The predicted octanol–water partition coefficient (Wildman–Crippen LogP) is 3.13. The largest absolute Gasteiger partial charge is 0.377 e. The molecule has 2 aromatic carbocycles. The molecule has 0 unspecified atom stereocenters. The maximum atomic E-state index is 12.7. The Labute approximate surface area is 152 Å². The van der Waals surface area contributed by atoms with E-state index in [1.807, 2.05) is 31.2 Å². The highest BCUT2D eigenvalue weighted by atomic mass is 16.6. The summed E-state index contributed by atoms with van der Waals surface area (Å²) in [5.41, 5.74) is 2.73. The lowest BCUT2D eigenvalue weighted by Gasteiger charge is -2.17. The molecule has 2 aromatic rings. The lowest BCUT2D eigenvalue weighted by molar-refractivity contribution is -0.384. The Morgan fingerprint density at radius 2 is 1.88 bits per heavy atom. The van der Waals surface area contributed by atoms with Crippen molar-refractivity contribution in [3.63, 3.8) is 0 Å². The number of anilines is 1. The molecule has 0 radical (unpaired) electrons. The molecule has 0 aliphatic carbocycles. The van der Waals surface area contributed by atoms with Crippen LogP contribution >= 0.6 is 0 Å². The lowest BCUT2D eigenvalue weighted by atomic mass is 10.1. The van der Waals surface area contributed by atoms with Gasteiger partial charge in [0.1, 0.15) is 0 Å². The van der Waals surface area contributed by atoms with Crippen LogP contribution in [0.25, 0.3) is 0 Å². The van der Waals surface area contributed by atoms with Gasteiger partial charge in [-0.1, -0.05) is 24.3 Å². The van der Waals surface area contributed by atoms with E-state index in [9.17, 15) is 14.9 Å². The number of carbonyl (C=O) groups is 1. The number of hydrogen-bond acceptors (Lipinski definition) is 5. The van der Waals surface area contributed by atoms with E-state index >= 15 is 0 Å². The van der Waals surface area contributed by atoms with Gasteiger partial charge in [-0.3, -0.25) is 14.9 Å². The molecule has 7 heteroatoms. The molecule has 1 amide bonds. The van der Waals surface area contributed by atoms with Crippen molar-refractivity contribution in [2.75, 3.05) is 25.6 Å². The van der Waals surface area contributed by atoms with E-state index in [4.69, 9.17) is 4.74 Å². The molecule has 0 saturated heterocycles. The van der Waals surface area contributed by atoms with Gasteiger partial charge in [-0.05, 0) is 24.1 Å². The second kappa shape index (κ2) is 8.96. The molecular formula is C19H23N3O4. The molecule has 0 aromatic heterocycles. The van der Waals surface area contributed by atoms with Gasteiger partial charge in [0.2, 0.25) is 0 Å². The third kappa shape index (κ3) is 4.80. The maximum absolute atomic E-state index is 12.7. The highest BCUT2D eigenvalue weighted by molar-refractivity contribution is 6.00. The minimum atomic E-state index is -0.506. The molecule has 2 rings (SSSR count). The Morgan fingerprint density at radius 1 is 1.19 bits per heavy atom. The monoisotopic (exact) mass is 357 g/mol. The van der Waals surface area contributed by atoms with Crippen LogP contribution in [0.4, 0.5) is 11.4 Å². The average molecular weight is 357 g/mol. The lowest BCUT2D eigenvalue weighted by Crippen LogP contribution is -2.26. The first-order chi connectivity index (χ1) is 12.4. The van der Waals surface area contributed by atoms with Crippen molar-refractivity contribution in [2.45, 2.75) is 20.1 Å². The first-order valence-corrected chi connectivity index (χ1v) is 8.32. The molecular weight excluding hydrogens is 334 g/mol. The zero-order valence-electron chi connectivity index (χ0n) is 15.2. The second-order valence-corrected chi connectivity index (χ2v) is 5.94. The van der Waals surface area contributed by atoms with Crippen molar-refractivity contribution in [3.05, 3.63) is 69.3 Å². The standard InChI is InChI=1S/C19H23N3O4/c1-4-26-13-15-8-6-5-7-14(15)12-20-19(23)17-11-16(22(24)25)9-10-18(17)21(2)3/h5-11H,4,12-13H2,1-3H3,(H,20,23). The zero-order chi connectivity index (χ0) is 19.1. The Kier molecular flexibility index (Phi) is 6.68. The molecule has 0 aliphatic heterocycles. The summed E-state index contributed by atoms with van der Waals surface area (Å²) in [5.74, 6) is -0.358. The molecule has 7 nitrogen and oxygen atoms in total. The molecule has 26 heavy (non-hydrogen) atoms. The van der Waals surface area contributed by atoms with Crippen LogP contribution in [0.2, 0.25) is 0 Å². The van der Waals surface area contributed by atoms with E-state index in [2.05, 4.69) is 5.32 Å². The summed E-state index contributed by atoms with van der Waals surface area (Å²) in [6.07, 6.45) is 0. The number of hydrogen-bond donors (Lipinski definition) is 1. The second-order valence-electron chi connectivity index (χ2n) is 5.94. The summed E-state index contributed by atoms with van der Waals surface area (Å²) >= 11 is 0. The molecule has 0 bridgehead atoms. The Balaban J connectivity index is 2.20. The minimum absolute atomic E-state index is 0.113. The van der Waals surface area contributed by atoms with Gasteiger partial charge in [-0.2, -0.15) is 0 Å². The number of nitrogens with one attached hydrogen (secondary N) is 1. The highest BCUT2D eigenvalue weighted by Gasteiger charge is 2.18. The van der Waals surface area contributed by atoms with E-state index in [-0.39, 0.29) is 17.2 Å². The first kappa shape index (κ1) is 19.4. The fourth-order valence-electron chi connectivity index (χ4n) is 2.56. The van der Waals surface area contributed by atoms with Gasteiger partial charge < -0.3 is 15.0 Å². The van der Waals surface area contributed by atoms with Crippen LogP contribution in [0.5, 0.6) is 0 Å². The molecule has 0 atom stereocenters. The fourth-order valence-corrected chi connectivity index (χ4v) is 2.56. The summed E-state index contributed by atoms with van der Waals surface area (Å²) in [4.78, 5) is 24.9. The summed E-state index contributed by atoms with van der Waals surface area (Å²) in [6, 6.07) is 12.0. The van der Waals surface area contributed by atoms with Crippen LogP contribution in [0, 0.1) is 10.1 Å². The van der Waals surface area contributed by atoms with Crippen molar-refractivity contribution in [1.29, 1.82) is 0 Å². The van der Waals surface area contributed by atoms with E-state index < -0.39 is 4.92 Å². The first-order valence-electron chi connectivity index (χ1n) is 8.32. The summed E-state index contributed by atoms with van der Waals surface area (Å²) in [7, 11) is 3.57. The van der Waals surface area contributed by atoms with Crippen molar-refractivity contribution >= 4 is 17.3 Å². The van der Waals surface area contributed by atoms with E-state index in [0.717, 1.165) is 11.1 Å². The Morgan fingerprint density at radius 3 is 2.50 bits per heavy atom. The van der Waals surface area contributed by atoms with Gasteiger partial charge in [-0.25, -0.2) is 0 Å². The predicted molar refractivity (Wildman–Crippen MR) is 100 cm³/mol. The van der Waals surface area contributed by atoms with Crippen molar-refractivity contribution in [3.8, 4) is 0 Å². The van der Waals surface area contributed by atoms with Crippen molar-refractivity contribution < 1.29 is 14.5 Å². The smallest absolute Gasteiger partial charge is 0.270 e. The number of ether oxygens (including phenoxy) is 1. The third-order valence-corrected chi connectivity index (χ3v) is 3.94. The van der Waals surface area contributed by atoms with Crippen LogP contribution in [0.1, 0.15) is 28.4 Å². The van der Waals surface area contributed by atoms with Gasteiger partial charge in [0.15, 0.2) is 0 Å². The molecule has 0 saturated carbocycles.